The number of aliphatic hydroxyl groups is 1. The molecule has 0 amide bonds. The summed E-state index contributed by atoms with van der Waals surface area (Å²) < 4.78 is 0. The predicted octanol–water partition coefficient (Wildman–Crippen LogP) is 4.79. The molecule has 21 heavy (non-hydrogen) atoms. The molecule has 1 fully saturated rings. The van der Waals surface area contributed by atoms with Crippen molar-refractivity contribution in [3.05, 3.63) is 51.5 Å². The van der Waals surface area contributed by atoms with Crippen LogP contribution in [0.4, 0.5) is 0 Å². The van der Waals surface area contributed by atoms with E-state index in [1.165, 1.54) is 24.8 Å². The van der Waals surface area contributed by atoms with Crippen molar-refractivity contribution in [1.82, 2.24) is 4.98 Å². The smallest absolute Gasteiger partial charge is 0.122 e. The molecule has 1 unspecified atom stereocenters. The van der Waals surface area contributed by atoms with Gasteiger partial charge in [-0.2, -0.15) is 0 Å². The summed E-state index contributed by atoms with van der Waals surface area (Å²) in [6.07, 6.45) is 3.28. The Kier molecular flexibility index (Phi) is 3.89. The summed E-state index contributed by atoms with van der Waals surface area (Å²) in [4.78, 5) is 4.64. The number of aliphatic hydroxyl groups excluding tert-OH is 1. The fourth-order valence-electron chi connectivity index (χ4n) is 2.65. The van der Waals surface area contributed by atoms with Crippen LogP contribution in [-0.2, 0) is 5.41 Å². The lowest BCUT2D eigenvalue weighted by Crippen LogP contribution is -2.12. The molecular weight excluding hydrogens is 278 g/mol. The fourth-order valence-corrected chi connectivity index (χ4v) is 3.58. The van der Waals surface area contributed by atoms with Crippen molar-refractivity contribution in [3.8, 4) is 0 Å². The van der Waals surface area contributed by atoms with E-state index >= 15 is 0 Å². The summed E-state index contributed by atoms with van der Waals surface area (Å²) in [7, 11) is 0. The van der Waals surface area contributed by atoms with Gasteiger partial charge in [0.1, 0.15) is 6.10 Å². The summed E-state index contributed by atoms with van der Waals surface area (Å²) in [5.74, 6) is 0.692. The number of nitrogens with zero attached hydrogens (tertiary/aromatic N) is 1. The lowest BCUT2D eigenvalue weighted by atomic mass is 9.79. The van der Waals surface area contributed by atoms with Crippen molar-refractivity contribution in [2.75, 3.05) is 0 Å². The van der Waals surface area contributed by atoms with Gasteiger partial charge in [0.25, 0.3) is 0 Å². The van der Waals surface area contributed by atoms with Crippen LogP contribution in [0, 0.1) is 0 Å². The molecule has 3 heteroatoms. The largest absolute Gasteiger partial charge is 0.382 e. The van der Waals surface area contributed by atoms with E-state index in [1.807, 2.05) is 11.4 Å². The lowest BCUT2D eigenvalue weighted by Gasteiger charge is -2.26. The first kappa shape index (κ1) is 14.7. The van der Waals surface area contributed by atoms with Crippen LogP contribution >= 0.6 is 11.3 Å². The molecule has 1 aromatic carbocycles. The van der Waals surface area contributed by atoms with E-state index in [2.05, 4.69) is 44.0 Å². The van der Waals surface area contributed by atoms with E-state index in [4.69, 9.17) is 0 Å². The molecule has 0 bridgehead atoms. The molecule has 0 saturated heterocycles. The molecule has 1 atom stereocenters. The van der Waals surface area contributed by atoms with Crippen molar-refractivity contribution in [2.45, 2.75) is 57.5 Å². The van der Waals surface area contributed by atoms with Crippen LogP contribution in [-0.4, -0.2) is 10.1 Å². The van der Waals surface area contributed by atoms with Gasteiger partial charge in [-0.05, 0) is 29.9 Å². The van der Waals surface area contributed by atoms with Gasteiger partial charge in [-0.15, -0.1) is 11.3 Å². The second-order valence-electron chi connectivity index (χ2n) is 7.03. The third-order valence-corrected chi connectivity index (χ3v) is 5.53. The van der Waals surface area contributed by atoms with Crippen LogP contribution in [0.5, 0.6) is 0 Å². The SMILES string of the molecule is CC(C)(C)c1nc(C(O)c2cccc(C3CCC3)c2)cs1. The van der Waals surface area contributed by atoms with E-state index in [-0.39, 0.29) is 5.41 Å². The topological polar surface area (TPSA) is 33.1 Å². The fraction of sp³-hybridized carbons (Fsp3) is 0.500. The van der Waals surface area contributed by atoms with Crippen LogP contribution in [0.15, 0.2) is 29.6 Å². The Morgan fingerprint density at radius 2 is 2.05 bits per heavy atom. The lowest BCUT2D eigenvalue weighted by molar-refractivity contribution is 0.215. The maximum absolute atomic E-state index is 10.6. The quantitative estimate of drug-likeness (QED) is 0.884. The zero-order valence-electron chi connectivity index (χ0n) is 13.0. The number of hydrogen-bond acceptors (Lipinski definition) is 3. The van der Waals surface area contributed by atoms with Crippen molar-refractivity contribution < 1.29 is 5.11 Å². The number of hydrogen-bond donors (Lipinski definition) is 1. The summed E-state index contributed by atoms with van der Waals surface area (Å²) in [5, 5.41) is 13.7. The molecular formula is C18H23NOS. The Balaban J connectivity index is 1.84. The van der Waals surface area contributed by atoms with Crippen LogP contribution < -0.4 is 0 Å². The molecule has 1 heterocycles. The number of benzene rings is 1. The molecule has 1 N–H and O–H groups in total. The highest BCUT2D eigenvalue weighted by Gasteiger charge is 2.23. The Bertz CT molecular complexity index is 622. The van der Waals surface area contributed by atoms with Crippen LogP contribution in [0.25, 0.3) is 0 Å². The van der Waals surface area contributed by atoms with Crippen LogP contribution in [0.1, 0.15) is 73.9 Å². The molecule has 0 spiro atoms. The van der Waals surface area contributed by atoms with Crippen molar-refractivity contribution in [1.29, 1.82) is 0 Å². The normalized spacial score (nSPS) is 17.5. The second kappa shape index (κ2) is 5.54. The molecule has 2 nitrogen and oxygen atoms in total. The molecule has 0 radical (unpaired) electrons. The molecule has 112 valence electrons. The monoisotopic (exact) mass is 301 g/mol. The van der Waals surface area contributed by atoms with E-state index in [0.717, 1.165) is 16.3 Å². The van der Waals surface area contributed by atoms with Crippen LogP contribution in [0.2, 0.25) is 0 Å². The first-order chi connectivity index (χ1) is 9.95. The van der Waals surface area contributed by atoms with Gasteiger partial charge in [0.15, 0.2) is 0 Å². The average molecular weight is 301 g/mol. The standard InChI is InChI=1S/C18H23NOS/c1-18(2,3)17-19-15(11-21-17)16(20)14-9-5-8-13(10-14)12-6-4-7-12/h5,8-12,16,20H,4,6-7H2,1-3H3. The third-order valence-electron chi connectivity index (χ3n) is 4.25. The van der Waals surface area contributed by atoms with Gasteiger partial charge in [0.05, 0.1) is 10.7 Å². The van der Waals surface area contributed by atoms with Gasteiger partial charge in [-0.3, -0.25) is 0 Å². The Morgan fingerprint density at radius 3 is 2.62 bits per heavy atom. The van der Waals surface area contributed by atoms with E-state index in [0.29, 0.717) is 5.92 Å². The number of thiazole rings is 1. The van der Waals surface area contributed by atoms with Crippen molar-refractivity contribution >= 4 is 11.3 Å². The van der Waals surface area contributed by atoms with E-state index in [9.17, 15) is 5.11 Å². The maximum Gasteiger partial charge on any atom is 0.122 e. The van der Waals surface area contributed by atoms with Gasteiger partial charge < -0.3 is 5.11 Å². The summed E-state index contributed by atoms with van der Waals surface area (Å²) >= 11 is 1.63. The minimum atomic E-state index is -0.614. The first-order valence-electron chi connectivity index (χ1n) is 7.69. The Morgan fingerprint density at radius 1 is 1.29 bits per heavy atom. The van der Waals surface area contributed by atoms with E-state index < -0.39 is 6.10 Å². The minimum absolute atomic E-state index is 0.0381. The molecule has 3 rings (SSSR count). The molecule has 1 aromatic heterocycles. The summed E-state index contributed by atoms with van der Waals surface area (Å²) in [6, 6.07) is 8.40. The van der Waals surface area contributed by atoms with E-state index in [1.54, 1.807) is 11.3 Å². The van der Waals surface area contributed by atoms with Gasteiger partial charge in [0.2, 0.25) is 0 Å². The average Bonchev–Trinajstić information content (AvgIpc) is 2.85. The Hall–Kier alpha value is -1.19. The second-order valence-corrected chi connectivity index (χ2v) is 7.89. The van der Waals surface area contributed by atoms with Gasteiger partial charge in [-0.25, -0.2) is 4.98 Å². The Labute approximate surface area is 130 Å². The molecule has 0 aliphatic heterocycles. The maximum atomic E-state index is 10.6. The number of rotatable bonds is 3. The highest BCUT2D eigenvalue weighted by atomic mass is 32.1. The molecule has 1 saturated carbocycles. The molecule has 2 aromatic rings. The van der Waals surface area contributed by atoms with Crippen LogP contribution in [0.3, 0.4) is 0 Å². The van der Waals surface area contributed by atoms with Crippen molar-refractivity contribution in [3.63, 3.8) is 0 Å². The first-order valence-corrected chi connectivity index (χ1v) is 8.57. The molecule has 1 aliphatic rings. The third kappa shape index (κ3) is 3.04. The summed E-state index contributed by atoms with van der Waals surface area (Å²) in [6.45, 7) is 6.46. The predicted molar refractivity (Wildman–Crippen MR) is 87.9 cm³/mol. The van der Waals surface area contributed by atoms with Gasteiger partial charge in [-0.1, -0.05) is 51.5 Å². The summed E-state index contributed by atoms with van der Waals surface area (Å²) in [5.41, 5.74) is 3.14. The minimum Gasteiger partial charge on any atom is -0.382 e. The highest BCUT2D eigenvalue weighted by molar-refractivity contribution is 7.09. The zero-order valence-corrected chi connectivity index (χ0v) is 13.8. The number of aromatic nitrogens is 1. The van der Waals surface area contributed by atoms with Gasteiger partial charge >= 0.3 is 0 Å². The zero-order chi connectivity index (χ0) is 15.0. The molecule has 1 aliphatic carbocycles. The van der Waals surface area contributed by atoms with Crippen molar-refractivity contribution in [2.24, 2.45) is 0 Å². The highest BCUT2D eigenvalue weighted by Crippen LogP contribution is 2.37. The van der Waals surface area contributed by atoms with Gasteiger partial charge in [0, 0.05) is 10.8 Å².